The minimum absolute atomic E-state index is 0.268. The van der Waals surface area contributed by atoms with Crippen LogP contribution >= 0.6 is 0 Å². The van der Waals surface area contributed by atoms with Crippen LogP contribution in [0.4, 0.5) is 0 Å². The van der Waals surface area contributed by atoms with Crippen LogP contribution in [0.5, 0.6) is 0 Å². The van der Waals surface area contributed by atoms with E-state index in [0.29, 0.717) is 13.2 Å². The Morgan fingerprint density at radius 3 is 2.64 bits per heavy atom. The van der Waals surface area contributed by atoms with Crippen LogP contribution in [0.2, 0.25) is 0 Å². The number of hydrogen-bond donors (Lipinski definition) is 0. The normalized spacial score (nSPS) is 24.4. The summed E-state index contributed by atoms with van der Waals surface area (Å²) in [4.78, 5) is 10.7. The zero-order valence-corrected chi connectivity index (χ0v) is 8.03. The van der Waals surface area contributed by atoms with Gasteiger partial charge in [0, 0.05) is 6.92 Å². The van der Waals surface area contributed by atoms with Crippen molar-refractivity contribution in [3.8, 4) is 0 Å². The van der Waals surface area contributed by atoms with Gasteiger partial charge in [0.25, 0.3) is 0 Å². The predicted molar refractivity (Wildman–Crippen MR) is 50.7 cm³/mol. The van der Waals surface area contributed by atoms with E-state index in [2.05, 4.69) is 0 Å². The third-order valence-corrected chi connectivity index (χ3v) is 2.30. The largest absolute Gasteiger partial charge is 0.462 e. The molecule has 74 valence electrons. The second-order valence-electron chi connectivity index (χ2n) is 3.43. The SMILES string of the molecule is CC(=O)OC[C@]1(c2ccccc2)CO1. The van der Waals surface area contributed by atoms with Gasteiger partial charge in [-0.2, -0.15) is 0 Å². The summed E-state index contributed by atoms with van der Waals surface area (Å²) in [5.41, 5.74) is 0.702. The molecule has 14 heavy (non-hydrogen) atoms. The van der Waals surface area contributed by atoms with Crippen LogP contribution in [0, 0.1) is 0 Å². The fraction of sp³-hybridized carbons (Fsp3) is 0.364. The Morgan fingerprint density at radius 2 is 2.14 bits per heavy atom. The molecule has 0 radical (unpaired) electrons. The molecule has 0 saturated carbocycles. The average molecular weight is 192 g/mol. The first-order valence-corrected chi connectivity index (χ1v) is 4.56. The van der Waals surface area contributed by atoms with E-state index in [0.717, 1.165) is 5.56 Å². The van der Waals surface area contributed by atoms with Gasteiger partial charge < -0.3 is 9.47 Å². The van der Waals surface area contributed by atoms with E-state index in [9.17, 15) is 4.79 Å². The van der Waals surface area contributed by atoms with Crippen molar-refractivity contribution in [2.75, 3.05) is 13.2 Å². The quantitative estimate of drug-likeness (QED) is 0.537. The highest BCUT2D eigenvalue weighted by atomic mass is 16.6. The molecule has 1 aliphatic rings. The molecule has 0 spiro atoms. The lowest BCUT2D eigenvalue weighted by Crippen LogP contribution is -2.18. The van der Waals surface area contributed by atoms with E-state index >= 15 is 0 Å². The Morgan fingerprint density at radius 1 is 1.50 bits per heavy atom. The molecule has 0 amide bonds. The fourth-order valence-electron chi connectivity index (χ4n) is 1.38. The van der Waals surface area contributed by atoms with Crippen LogP contribution in [-0.4, -0.2) is 19.2 Å². The molecular weight excluding hydrogens is 180 g/mol. The van der Waals surface area contributed by atoms with Gasteiger partial charge in [-0.15, -0.1) is 0 Å². The van der Waals surface area contributed by atoms with Crippen molar-refractivity contribution < 1.29 is 14.3 Å². The van der Waals surface area contributed by atoms with Gasteiger partial charge in [-0.05, 0) is 5.56 Å². The number of esters is 1. The molecule has 1 atom stereocenters. The van der Waals surface area contributed by atoms with Gasteiger partial charge in [0.15, 0.2) is 5.60 Å². The lowest BCUT2D eigenvalue weighted by atomic mass is 10.0. The van der Waals surface area contributed by atoms with Crippen molar-refractivity contribution in [2.45, 2.75) is 12.5 Å². The standard InChI is InChI=1S/C11H12O3/c1-9(12)13-7-11(8-14-11)10-5-3-2-4-6-10/h2-6H,7-8H2,1H3/t11-/m1/s1. The molecular formula is C11H12O3. The van der Waals surface area contributed by atoms with Gasteiger partial charge >= 0.3 is 5.97 Å². The minimum atomic E-state index is -0.368. The number of carbonyl (C=O) groups is 1. The lowest BCUT2D eigenvalue weighted by Gasteiger charge is -2.11. The van der Waals surface area contributed by atoms with E-state index in [1.54, 1.807) is 0 Å². The van der Waals surface area contributed by atoms with Crippen molar-refractivity contribution in [1.29, 1.82) is 0 Å². The maximum absolute atomic E-state index is 10.7. The summed E-state index contributed by atoms with van der Waals surface area (Å²) < 4.78 is 10.3. The summed E-state index contributed by atoms with van der Waals surface area (Å²) in [5.74, 6) is -0.268. The topological polar surface area (TPSA) is 38.8 Å². The van der Waals surface area contributed by atoms with Gasteiger partial charge in [-0.1, -0.05) is 30.3 Å². The highest BCUT2D eigenvalue weighted by Crippen LogP contribution is 2.38. The first-order valence-electron chi connectivity index (χ1n) is 4.56. The van der Waals surface area contributed by atoms with Crippen LogP contribution in [0.25, 0.3) is 0 Å². The zero-order chi connectivity index (χ0) is 10.0. The van der Waals surface area contributed by atoms with Crippen molar-refractivity contribution in [3.05, 3.63) is 35.9 Å². The third-order valence-electron chi connectivity index (χ3n) is 2.30. The monoisotopic (exact) mass is 192 g/mol. The molecule has 1 aliphatic heterocycles. The van der Waals surface area contributed by atoms with Gasteiger partial charge in [0.05, 0.1) is 6.61 Å². The van der Waals surface area contributed by atoms with Crippen LogP contribution < -0.4 is 0 Å². The third kappa shape index (κ3) is 1.77. The fourth-order valence-corrected chi connectivity index (χ4v) is 1.38. The Bertz CT molecular complexity index is 328. The maximum atomic E-state index is 10.7. The number of epoxide rings is 1. The molecule has 1 aromatic carbocycles. The first-order chi connectivity index (χ1) is 6.73. The second-order valence-corrected chi connectivity index (χ2v) is 3.43. The smallest absolute Gasteiger partial charge is 0.302 e. The predicted octanol–water partition coefficient (Wildman–Crippen LogP) is 1.48. The van der Waals surface area contributed by atoms with E-state index in [-0.39, 0.29) is 11.6 Å². The molecule has 1 heterocycles. The second kappa shape index (κ2) is 3.42. The van der Waals surface area contributed by atoms with Crippen LogP contribution in [0.15, 0.2) is 30.3 Å². The number of carbonyl (C=O) groups excluding carboxylic acids is 1. The Labute approximate surface area is 82.6 Å². The Balaban J connectivity index is 2.06. The average Bonchev–Trinajstić information content (AvgIpc) is 2.97. The van der Waals surface area contributed by atoms with E-state index < -0.39 is 0 Å². The summed E-state index contributed by atoms with van der Waals surface area (Å²) in [6.07, 6.45) is 0. The molecule has 2 rings (SSSR count). The van der Waals surface area contributed by atoms with Gasteiger partial charge in [0.1, 0.15) is 6.61 Å². The minimum Gasteiger partial charge on any atom is -0.462 e. The highest BCUT2D eigenvalue weighted by molar-refractivity contribution is 5.66. The molecule has 0 aliphatic carbocycles. The maximum Gasteiger partial charge on any atom is 0.302 e. The summed E-state index contributed by atoms with van der Waals surface area (Å²) in [6, 6.07) is 9.82. The van der Waals surface area contributed by atoms with Gasteiger partial charge in [-0.3, -0.25) is 4.79 Å². The lowest BCUT2D eigenvalue weighted by molar-refractivity contribution is -0.142. The van der Waals surface area contributed by atoms with Crippen LogP contribution in [0.3, 0.4) is 0 Å². The summed E-state index contributed by atoms with van der Waals surface area (Å²) in [7, 11) is 0. The molecule has 1 saturated heterocycles. The number of benzene rings is 1. The number of hydrogen-bond acceptors (Lipinski definition) is 3. The van der Waals surface area contributed by atoms with Crippen LogP contribution in [-0.2, 0) is 19.9 Å². The highest BCUT2D eigenvalue weighted by Gasteiger charge is 2.47. The van der Waals surface area contributed by atoms with Crippen molar-refractivity contribution in [1.82, 2.24) is 0 Å². The van der Waals surface area contributed by atoms with Crippen LogP contribution in [0.1, 0.15) is 12.5 Å². The van der Waals surface area contributed by atoms with Crippen molar-refractivity contribution in [3.63, 3.8) is 0 Å². The molecule has 0 aromatic heterocycles. The molecule has 0 bridgehead atoms. The number of rotatable bonds is 3. The van der Waals surface area contributed by atoms with Crippen molar-refractivity contribution in [2.24, 2.45) is 0 Å². The zero-order valence-electron chi connectivity index (χ0n) is 8.03. The molecule has 1 fully saturated rings. The molecule has 0 N–H and O–H groups in total. The Kier molecular flexibility index (Phi) is 2.25. The van der Waals surface area contributed by atoms with E-state index in [1.807, 2.05) is 30.3 Å². The van der Waals surface area contributed by atoms with E-state index in [1.165, 1.54) is 6.92 Å². The van der Waals surface area contributed by atoms with Gasteiger partial charge in [0.2, 0.25) is 0 Å². The summed E-state index contributed by atoms with van der Waals surface area (Å²) in [6.45, 7) is 2.34. The summed E-state index contributed by atoms with van der Waals surface area (Å²) in [5, 5.41) is 0. The molecule has 1 aromatic rings. The number of ether oxygens (including phenoxy) is 2. The molecule has 0 unspecified atom stereocenters. The van der Waals surface area contributed by atoms with Crippen molar-refractivity contribution >= 4 is 5.97 Å². The molecule has 3 nitrogen and oxygen atoms in total. The first kappa shape index (κ1) is 9.21. The molecule has 3 heteroatoms. The Hall–Kier alpha value is -1.35. The summed E-state index contributed by atoms with van der Waals surface area (Å²) >= 11 is 0. The van der Waals surface area contributed by atoms with Gasteiger partial charge in [-0.25, -0.2) is 0 Å². The van der Waals surface area contributed by atoms with E-state index in [4.69, 9.17) is 9.47 Å².